The van der Waals surface area contributed by atoms with Crippen LogP contribution in [0.3, 0.4) is 0 Å². The molecule has 2 saturated heterocycles. The van der Waals surface area contributed by atoms with E-state index in [0.29, 0.717) is 0 Å². The topological polar surface area (TPSA) is 203 Å². The Bertz CT molecular complexity index is 669. The number of aliphatic hydroxyl groups is 6. The molecular formula is C21H38O12. The van der Waals surface area contributed by atoms with E-state index in [1.165, 1.54) is 7.11 Å². The van der Waals surface area contributed by atoms with E-state index in [9.17, 15) is 40.2 Å². The maximum Gasteiger partial charge on any atom is 0.337 e. The third-order valence-electron chi connectivity index (χ3n) is 5.61. The first kappa shape index (κ1) is 29.7. The zero-order valence-corrected chi connectivity index (χ0v) is 19.9. The number of carbonyl (C=O) groups excluding carboxylic acids is 1. The Morgan fingerprint density at radius 1 is 0.636 bits per heavy atom. The minimum atomic E-state index is -1.62. The molecule has 7 N–H and O–H groups in total. The van der Waals surface area contributed by atoms with Crippen molar-refractivity contribution in [2.75, 3.05) is 7.11 Å². The van der Waals surface area contributed by atoms with Gasteiger partial charge in [0.15, 0.2) is 12.2 Å². The predicted octanol–water partition coefficient (Wildman–Crippen LogP) is -1.98. The van der Waals surface area contributed by atoms with Gasteiger partial charge in [0.05, 0.1) is 19.3 Å². The Balaban J connectivity index is 0.000000331. The van der Waals surface area contributed by atoms with Crippen LogP contribution < -0.4 is 0 Å². The van der Waals surface area contributed by atoms with Crippen molar-refractivity contribution < 1.29 is 59.5 Å². The molecule has 0 aromatic rings. The molecule has 4 unspecified atom stereocenters. The molecular weight excluding hydrogens is 444 g/mol. The van der Waals surface area contributed by atoms with Crippen LogP contribution >= 0.6 is 0 Å². The maximum absolute atomic E-state index is 11.4. The zero-order valence-electron chi connectivity index (χ0n) is 19.9. The van der Waals surface area contributed by atoms with Crippen LogP contribution in [0, 0.1) is 10.8 Å². The van der Waals surface area contributed by atoms with Crippen LogP contribution in [0.1, 0.15) is 41.5 Å². The summed E-state index contributed by atoms with van der Waals surface area (Å²) in [5.74, 6) is -2.12. The molecule has 2 aliphatic heterocycles. The average molecular weight is 483 g/mol. The number of ether oxygens (including phenoxy) is 3. The Morgan fingerprint density at radius 3 is 1.27 bits per heavy atom. The van der Waals surface area contributed by atoms with E-state index >= 15 is 0 Å². The molecule has 10 atom stereocenters. The molecule has 0 aromatic carbocycles. The lowest BCUT2D eigenvalue weighted by atomic mass is 9.80. The fourth-order valence-corrected chi connectivity index (χ4v) is 3.71. The number of hydrogen-bond donors (Lipinski definition) is 7. The van der Waals surface area contributed by atoms with Crippen molar-refractivity contribution in [3.63, 3.8) is 0 Å². The van der Waals surface area contributed by atoms with Crippen molar-refractivity contribution in [3.05, 3.63) is 0 Å². The monoisotopic (exact) mass is 482 g/mol. The summed E-state index contributed by atoms with van der Waals surface area (Å²) in [5.41, 5.74) is -1.01. The molecule has 0 bridgehead atoms. The van der Waals surface area contributed by atoms with Gasteiger partial charge in [-0.2, -0.15) is 0 Å². The number of hydrogen-bond acceptors (Lipinski definition) is 11. The molecule has 33 heavy (non-hydrogen) atoms. The lowest BCUT2D eigenvalue weighted by Gasteiger charge is -2.44. The summed E-state index contributed by atoms with van der Waals surface area (Å²) in [6.07, 6.45) is -13.0. The number of rotatable bonds is 2. The Kier molecular flexibility index (Phi) is 9.80. The van der Waals surface area contributed by atoms with Gasteiger partial charge in [0.1, 0.15) is 36.6 Å². The smallest absolute Gasteiger partial charge is 0.337 e. The van der Waals surface area contributed by atoms with Crippen LogP contribution in [-0.4, -0.2) is 116 Å². The number of methoxy groups -OCH3 is 1. The Labute approximate surface area is 192 Å². The van der Waals surface area contributed by atoms with Gasteiger partial charge in [-0.05, 0) is 10.8 Å². The van der Waals surface area contributed by atoms with E-state index in [2.05, 4.69) is 4.74 Å². The van der Waals surface area contributed by atoms with Crippen molar-refractivity contribution in [2.45, 2.75) is 103 Å². The van der Waals surface area contributed by atoms with Gasteiger partial charge in [-0.25, -0.2) is 9.59 Å². The Morgan fingerprint density at radius 2 is 0.970 bits per heavy atom. The second kappa shape index (κ2) is 10.9. The van der Waals surface area contributed by atoms with Crippen LogP contribution in [0.25, 0.3) is 0 Å². The van der Waals surface area contributed by atoms with Crippen LogP contribution in [0.2, 0.25) is 0 Å². The number of aliphatic carboxylic acids is 1. The third kappa shape index (κ3) is 6.83. The second-order valence-electron chi connectivity index (χ2n) is 10.5. The summed E-state index contributed by atoms with van der Waals surface area (Å²) in [4.78, 5) is 22.2. The standard InChI is InChI=1S/C11H20O6.C10H18O6/c1-11(2,3)9-7(14)5(12)6(13)8(17-9)10(15)16-4;1-10(2,3)8-6(13)4(11)5(12)7(16-8)9(14)15/h5-9,12-14H,1-4H3;4-8,11-13H,1-3H3,(H,14,15)/t5-,6?,7?,8-,9+;4-,5?,6?,7-,8+/m00/s1. The highest BCUT2D eigenvalue weighted by Gasteiger charge is 2.51. The summed E-state index contributed by atoms with van der Waals surface area (Å²) >= 11 is 0. The van der Waals surface area contributed by atoms with Crippen molar-refractivity contribution in [3.8, 4) is 0 Å². The number of carboxylic acids is 1. The van der Waals surface area contributed by atoms with Gasteiger partial charge in [0, 0.05) is 0 Å². The number of esters is 1. The molecule has 0 amide bonds. The van der Waals surface area contributed by atoms with E-state index < -0.39 is 83.8 Å². The summed E-state index contributed by atoms with van der Waals surface area (Å²) in [6, 6.07) is 0. The normalized spacial score (nSPS) is 39.8. The molecule has 194 valence electrons. The van der Waals surface area contributed by atoms with Gasteiger partial charge in [0.2, 0.25) is 0 Å². The van der Waals surface area contributed by atoms with Gasteiger partial charge in [-0.1, -0.05) is 41.5 Å². The summed E-state index contributed by atoms with van der Waals surface area (Å²) in [7, 11) is 1.17. The first-order chi connectivity index (χ1) is 14.9. The van der Waals surface area contributed by atoms with Gasteiger partial charge in [-0.3, -0.25) is 0 Å². The van der Waals surface area contributed by atoms with Gasteiger partial charge < -0.3 is 50.0 Å². The predicted molar refractivity (Wildman–Crippen MR) is 112 cm³/mol. The molecule has 2 aliphatic rings. The van der Waals surface area contributed by atoms with E-state index in [1.807, 2.05) is 0 Å². The maximum atomic E-state index is 11.4. The largest absolute Gasteiger partial charge is 0.479 e. The first-order valence-electron chi connectivity index (χ1n) is 10.6. The van der Waals surface area contributed by atoms with Crippen molar-refractivity contribution in [1.82, 2.24) is 0 Å². The molecule has 2 rings (SSSR count). The molecule has 0 radical (unpaired) electrons. The average Bonchev–Trinajstić information content (AvgIpc) is 2.68. The zero-order chi connectivity index (χ0) is 26.0. The lowest BCUT2D eigenvalue weighted by Crippen LogP contribution is -2.62. The van der Waals surface area contributed by atoms with E-state index in [0.717, 1.165) is 0 Å². The molecule has 0 aromatic heterocycles. The highest BCUT2D eigenvalue weighted by atomic mass is 16.6. The lowest BCUT2D eigenvalue weighted by molar-refractivity contribution is -0.247. The van der Waals surface area contributed by atoms with E-state index in [1.54, 1.807) is 41.5 Å². The molecule has 2 fully saturated rings. The molecule has 0 saturated carbocycles. The molecule has 0 spiro atoms. The van der Waals surface area contributed by atoms with Gasteiger partial charge in [0.25, 0.3) is 0 Å². The summed E-state index contributed by atoms with van der Waals surface area (Å²) in [6.45, 7) is 10.7. The Hall–Kier alpha value is -1.38. The molecule has 12 heteroatoms. The van der Waals surface area contributed by atoms with Crippen molar-refractivity contribution >= 4 is 11.9 Å². The quantitative estimate of drug-likeness (QED) is 0.214. The van der Waals surface area contributed by atoms with E-state index in [-0.39, 0.29) is 0 Å². The van der Waals surface area contributed by atoms with Gasteiger partial charge in [-0.15, -0.1) is 0 Å². The van der Waals surface area contributed by atoms with Crippen LogP contribution in [-0.2, 0) is 23.8 Å². The highest BCUT2D eigenvalue weighted by Crippen LogP contribution is 2.34. The van der Waals surface area contributed by atoms with E-state index in [4.69, 9.17) is 14.6 Å². The number of carbonyl (C=O) groups is 2. The van der Waals surface area contributed by atoms with Crippen LogP contribution in [0.15, 0.2) is 0 Å². The number of aliphatic hydroxyl groups excluding tert-OH is 6. The first-order valence-corrected chi connectivity index (χ1v) is 10.6. The molecule has 0 aliphatic carbocycles. The third-order valence-corrected chi connectivity index (χ3v) is 5.61. The second-order valence-corrected chi connectivity index (χ2v) is 10.5. The summed E-state index contributed by atoms with van der Waals surface area (Å²) < 4.78 is 15.0. The van der Waals surface area contributed by atoms with Crippen LogP contribution in [0.5, 0.6) is 0 Å². The van der Waals surface area contributed by atoms with Crippen molar-refractivity contribution in [2.24, 2.45) is 10.8 Å². The minimum Gasteiger partial charge on any atom is -0.479 e. The van der Waals surface area contributed by atoms with Crippen LogP contribution in [0.4, 0.5) is 0 Å². The molecule has 12 nitrogen and oxygen atoms in total. The fourth-order valence-electron chi connectivity index (χ4n) is 3.71. The summed E-state index contributed by atoms with van der Waals surface area (Å²) in [5, 5.41) is 66.7. The SMILES string of the molecule is CC(C)(C)[C@@H]1O[C@H](C(=O)O)C(O)[C@H](O)C1O.COC(=O)[C@H]1O[C@@H](C(C)(C)C)C(O)[C@@H](O)C1O. The van der Waals surface area contributed by atoms with Crippen molar-refractivity contribution in [1.29, 1.82) is 0 Å². The number of carboxylic acid groups (broad SMARTS) is 1. The minimum absolute atomic E-state index is 0.479. The fraction of sp³-hybridized carbons (Fsp3) is 0.905. The highest BCUT2D eigenvalue weighted by molar-refractivity contribution is 5.75. The van der Waals surface area contributed by atoms with Gasteiger partial charge >= 0.3 is 11.9 Å². The molecule has 2 heterocycles.